The molecule has 0 aliphatic heterocycles. The quantitative estimate of drug-likeness (QED) is 0.616. The zero-order chi connectivity index (χ0) is 20.8. The minimum absolute atomic E-state index is 0.110. The van der Waals surface area contributed by atoms with Gasteiger partial charge in [0.2, 0.25) is 5.91 Å². The summed E-state index contributed by atoms with van der Waals surface area (Å²) < 4.78 is 1.45. The first-order chi connectivity index (χ1) is 14.0. The van der Waals surface area contributed by atoms with Crippen LogP contribution in [0, 0.1) is 0 Å². The molecule has 0 aliphatic rings. The van der Waals surface area contributed by atoms with E-state index >= 15 is 0 Å². The van der Waals surface area contributed by atoms with Crippen molar-refractivity contribution in [3.63, 3.8) is 0 Å². The minimum atomic E-state index is -0.354. The summed E-state index contributed by atoms with van der Waals surface area (Å²) in [4.78, 5) is 27.0. The number of halogens is 2. The second-order valence-electron chi connectivity index (χ2n) is 6.20. The Balaban J connectivity index is 1.74. The third kappa shape index (κ3) is 5.30. The van der Waals surface area contributed by atoms with Crippen LogP contribution in [0.15, 0.2) is 48.8 Å². The maximum atomic E-state index is 13.0. The van der Waals surface area contributed by atoms with Crippen molar-refractivity contribution in [3.05, 3.63) is 64.4 Å². The minimum Gasteiger partial charge on any atom is -0.329 e. The summed E-state index contributed by atoms with van der Waals surface area (Å²) in [5, 5.41) is 14.5. The van der Waals surface area contributed by atoms with E-state index in [0.717, 1.165) is 0 Å². The molecule has 0 aliphatic carbocycles. The molecule has 10 heteroatoms. The molecule has 3 rings (SSSR count). The molecular formula is C19H18Cl2N6O2. The van der Waals surface area contributed by atoms with E-state index in [1.807, 2.05) is 6.92 Å². The summed E-state index contributed by atoms with van der Waals surface area (Å²) in [6.45, 7) is 2.25. The third-order valence-corrected chi connectivity index (χ3v) is 4.57. The summed E-state index contributed by atoms with van der Waals surface area (Å²) in [5.41, 5.74) is 1.52. The number of nitrogens with one attached hydrogen (secondary N) is 1. The highest BCUT2D eigenvalue weighted by Gasteiger charge is 2.19. The number of aromatic nitrogens is 4. The van der Waals surface area contributed by atoms with Crippen LogP contribution in [0.2, 0.25) is 10.0 Å². The standard InChI is InChI=1S/C19H18Cl2N6O2/c1-2-8-26(11-18(28)23-17-7-6-14(20)10-16(17)21)19(29)13-4-3-5-15(9-13)27-12-22-24-25-27/h3-7,9-10,12H,2,8,11H2,1H3,(H,23,28). The van der Waals surface area contributed by atoms with E-state index in [9.17, 15) is 9.59 Å². The molecule has 2 amide bonds. The zero-order valence-electron chi connectivity index (χ0n) is 15.5. The van der Waals surface area contributed by atoms with Crippen LogP contribution in [-0.2, 0) is 4.79 Å². The van der Waals surface area contributed by atoms with E-state index in [0.29, 0.717) is 39.9 Å². The van der Waals surface area contributed by atoms with E-state index in [1.165, 1.54) is 22.0 Å². The van der Waals surface area contributed by atoms with E-state index < -0.39 is 0 Å². The summed E-state index contributed by atoms with van der Waals surface area (Å²) in [5.74, 6) is -0.619. The van der Waals surface area contributed by atoms with Crippen molar-refractivity contribution in [3.8, 4) is 5.69 Å². The van der Waals surface area contributed by atoms with Crippen LogP contribution >= 0.6 is 23.2 Å². The number of anilines is 1. The molecular weight excluding hydrogens is 415 g/mol. The van der Waals surface area contributed by atoms with Crippen molar-refractivity contribution in [2.24, 2.45) is 0 Å². The van der Waals surface area contributed by atoms with Gasteiger partial charge in [0.05, 0.1) is 16.4 Å². The lowest BCUT2D eigenvalue weighted by molar-refractivity contribution is -0.116. The van der Waals surface area contributed by atoms with E-state index in [2.05, 4.69) is 20.8 Å². The van der Waals surface area contributed by atoms with Crippen molar-refractivity contribution in [1.29, 1.82) is 0 Å². The van der Waals surface area contributed by atoms with Crippen LogP contribution in [0.1, 0.15) is 23.7 Å². The molecule has 0 spiro atoms. The highest BCUT2D eigenvalue weighted by molar-refractivity contribution is 6.36. The SMILES string of the molecule is CCCN(CC(=O)Nc1ccc(Cl)cc1Cl)C(=O)c1cccc(-n2cnnn2)c1. The van der Waals surface area contributed by atoms with Gasteiger partial charge in [-0.1, -0.05) is 36.2 Å². The molecule has 0 bridgehead atoms. The number of benzene rings is 2. The topological polar surface area (TPSA) is 93.0 Å². The van der Waals surface area contributed by atoms with Gasteiger partial charge in [0.1, 0.15) is 12.9 Å². The lowest BCUT2D eigenvalue weighted by Gasteiger charge is -2.22. The molecule has 2 aromatic carbocycles. The van der Waals surface area contributed by atoms with Crippen LogP contribution in [-0.4, -0.2) is 50.0 Å². The van der Waals surface area contributed by atoms with E-state index in [-0.39, 0.29) is 18.4 Å². The fraction of sp³-hybridized carbons (Fsp3) is 0.211. The molecule has 0 saturated heterocycles. The van der Waals surface area contributed by atoms with Crippen LogP contribution in [0.25, 0.3) is 5.69 Å². The number of rotatable bonds is 7. The fourth-order valence-electron chi connectivity index (χ4n) is 2.72. The summed E-state index contributed by atoms with van der Waals surface area (Å²) in [6, 6.07) is 11.7. The van der Waals surface area contributed by atoms with Crippen molar-refractivity contribution in [2.75, 3.05) is 18.4 Å². The first-order valence-electron chi connectivity index (χ1n) is 8.85. The predicted molar refractivity (Wildman–Crippen MR) is 110 cm³/mol. The number of carbonyl (C=O) groups is 2. The van der Waals surface area contributed by atoms with Crippen LogP contribution < -0.4 is 5.32 Å². The Morgan fingerprint density at radius 1 is 1.17 bits per heavy atom. The van der Waals surface area contributed by atoms with Crippen molar-refractivity contribution >= 4 is 40.7 Å². The molecule has 1 heterocycles. The number of hydrogen-bond acceptors (Lipinski definition) is 5. The van der Waals surface area contributed by atoms with Gasteiger partial charge in [-0.3, -0.25) is 9.59 Å². The van der Waals surface area contributed by atoms with E-state index in [1.54, 1.807) is 36.4 Å². The Morgan fingerprint density at radius 3 is 2.69 bits per heavy atom. The Kier molecular flexibility index (Phi) is 6.79. The lowest BCUT2D eigenvalue weighted by atomic mass is 10.1. The number of amides is 2. The Bertz CT molecular complexity index is 1010. The predicted octanol–water partition coefficient (Wildman–Crippen LogP) is 3.46. The summed E-state index contributed by atoms with van der Waals surface area (Å²) in [6.07, 6.45) is 2.14. The molecule has 1 aromatic heterocycles. The van der Waals surface area contributed by atoms with Crippen molar-refractivity contribution in [1.82, 2.24) is 25.1 Å². The second-order valence-corrected chi connectivity index (χ2v) is 7.05. The highest BCUT2D eigenvalue weighted by Crippen LogP contribution is 2.25. The molecule has 0 atom stereocenters. The Morgan fingerprint density at radius 2 is 2.00 bits per heavy atom. The van der Waals surface area contributed by atoms with Gasteiger partial charge in [-0.25, -0.2) is 4.68 Å². The third-order valence-electron chi connectivity index (χ3n) is 4.03. The molecule has 150 valence electrons. The van der Waals surface area contributed by atoms with Gasteiger partial charge in [-0.05, 0) is 53.2 Å². The highest BCUT2D eigenvalue weighted by atomic mass is 35.5. The average Bonchev–Trinajstić information content (AvgIpc) is 3.24. The van der Waals surface area contributed by atoms with Gasteiger partial charge < -0.3 is 10.2 Å². The maximum absolute atomic E-state index is 13.0. The second kappa shape index (κ2) is 9.49. The molecule has 0 fully saturated rings. The summed E-state index contributed by atoms with van der Waals surface area (Å²) in [7, 11) is 0. The lowest BCUT2D eigenvalue weighted by Crippen LogP contribution is -2.38. The zero-order valence-corrected chi connectivity index (χ0v) is 17.1. The van der Waals surface area contributed by atoms with Gasteiger partial charge in [0.25, 0.3) is 5.91 Å². The van der Waals surface area contributed by atoms with E-state index in [4.69, 9.17) is 23.2 Å². The Hall–Kier alpha value is -2.97. The molecule has 1 N–H and O–H groups in total. The molecule has 8 nitrogen and oxygen atoms in total. The Labute approximate surface area is 177 Å². The number of nitrogens with zero attached hydrogens (tertiary/aromatic N) is 5. The van der Waals surface area contributed by atoms with Gasteiger partial charge in [-0.15, -0.1) is 5.10 Å². The molecule has 3 aromatic rings. The average molecular weight is 433 g/mol. The first kappa shape index (κ1) is 20.8. The van der Waals surface area contributed by atoms with Gasteiger partial charge >= 0.3 is 0 Å². The molecule has 0 radical (unpaired) electrons. The molecule has 0 saturated carbocycles. The van der Waals surface area contributed by atoms with Crippen molar-refractivity contribution < 1.29 is 9.59 Å². The number of hydrogen-bond donors (Lipinski definition) is 1. The van der Waals surface area contributed by atoms with Crippen LogP contribution in [0.5, 0.6) is 0 Å². The normalized spacial score (nSPS) is 10.6. The number of carbonyl (C=O) groups excluding carboxylic acids is 2. The molecule has 0 unspecified atom stereocenters. The smallest absolute Gasteiger partial charge is 0.254 e. The molecule has 29 heavy (non-hydrogen) atoms. The first-order valence-corrected chi connectivity index (χ1v) is 9.61. The fourth-order valence-corrected chi connectivity index (χ4v) is 3.18. The largest absolute Gasteiger partial charge is 0.329 e. The van der Waals surface area contributed by atoms with Crippen LogP contribution in [0.3, 0.4) is 0 Å². The summed E-state index contributed by atoms with van der Waals surface area (Å²) >= 11 is 12.0. The van der Waals surface area contributed by atoms with Gasteiger partial charge in [0.15, 0.2) is 0 Å². The van der Waals surface area contributed by atoms with Crippen molar-refractivity contribution in [2.45, 2.75) is 13.3 Å². The van der Waals surface area contributed by atoms with Crippen LogP contribution in [0.4, 0.5) is 5.69 Å². The monoisotopic (exact) mass is 432 g/mol. The number of tetrazole rings is 1. The van der Waals surface area contributed by atoms with Gasteiger partial charge in [-0.2, -0.15) is 0 Å². The maximum Gasteiger partial charge on any atom is 0.254 e. The van der Waals surface area contributed by atoms with Gasteiger partial charge in [0, 0.05) is 17.1 Å².